The Morgan fingerprint density at radius 1 is 1.71 bits per heavy atom. The minimum atomic E-state index is -0.612. The molecule has 0 saturated carbocycles. The van der Waals surface area contributed by atoms with Gasteiger partial charge in [-0.05, 0) is 13.8 Å². The highest BCUT2D eigenvalue weighted by Crippen LogP contribution is 2.05. The second-order valence-electron chi connectivity index (χ2n) is 2.12. The van der Waals surface area contributed by atoms with Crippen LogP contribution >= 0.6 is 11.9 Å². The summed E-state index contributed by atoms with van der Waals surface area (Å²) in [6.45, 7) is 3.46. The van der Waals surface area contributed by atoms with Crippen LogP contribution in [0.25, 0.3) is 0 Å². The Morgan fingerprint density at radius 3 is 2.14 bits per heavy atom. The van der Waals surface area contributed by atoms with Gasteiger partial charge in [-0.2, -0.15) is 0 Å². The Labute approximate surface area is 48.2 Å². The van der Waals surface area contributed by atoms with E-state index < -0.39 is 5.60 Å². The fourth-order valence-electron chi connectivity index (χ4n) is 0.204. The Balaban J connectivity index is 3.15. The van der Waals surface area contributed by atoms with Crippen LogP contribution in [0.3, 0.4) is 0 Å². The van der Waals surface area contributed by atoms with Crippen LogP contribution in [0.15, 0.2) is 0 Å². The van der Waals surface area contributed by atoms with Crippen LogP contribution in [0.4, 0.5) is 0 Å². The van der Waals surface area contributed by atoms with E-state index >= 15 is 0 Å². The molecule has 0 unspecified atom stereocenters. The highest BCUT2D eigenvalue weighted by molar-refractivity contribution is 7.97. The highest BCUT2D eigenvalue weighted by Gasteiger charge is 2.09. The van der Waals surface area contributed by atoms with Crippen molar-refractivity contribution in [3.8, 4) is 0 Å². The maximum absolute atomic E-state index is 8.92. The van der Waals surface area contributed by atoms with E-state index in [1.807, 2.05) is 0 Å². The fraction of sp³-hybridized carbons (Fsp3) is 1.00. The third kappa shape index (κ3) is 6.27. The first-order valence-electron chi connectivity index (χ1n) is 2.10. The van der Waals surface area contributed by atoms with Gasteiger partial charge < -0.3 is 5.11 Å². The molecule has 0 radical (unpaired) electrons. The van der Waals surface area contributed by atoms with Crippen molar-refractivity contribution in [3.63, 3.8) is 0 Å². The SMILES string of the molecule is CC(C)(O)CSN. The minimum Gasteiger partial charge on any atom is -0.390 e. The summed E-state index contributed by atoms with van der Waals surface area (Å²) in [7, 11) is 0. The Hall–Kier alpha value is 0.270. The number of hydrogen-bond acceptors (Lipinski definition) is 3. The summed E-state index contributed by atoms with van der Waals surface area (Å²) < 4.78 is 0. The maximum Gasteiger partial charge on any atom is 0.0694 e. The van der Waals surface area contributed by atoms with E-state index in [4.69, 9.17) is 10.2 Å². The molecule has 0 saturated heterocycles. The first-order chi connectivity index (χ1) is 3.06. The molecule has 0 bridgehead atoms. The summed E-state index contributed by atoms with van der Waals surface area (Å²) >= 11 is 1.16. The normalized spacial score (nSPS) is 12.0. The van der Waals surface area contributed by atoms with Crippen molar-refractivity contribution in [2.75, 3.05) is 5.75 Å². The number of rotatable bonds is 2. The van der Waals surface area contributed by atoms with E-state index in [0.29, 0.717) is 5.75 Å². The highest BCUT2D eigenvalue weighted by atomic mass is 32.2. The average molecular weight is 121 g/mol. The summed E-state index contributed by atoms with van der Waals surface area (Å²) in [5.74, 6) is 0.590. The molecule has 0 atom stereocenters. The van der Waals surface area contributed by atoms with Crippen LogP contribution in [0.2, 0.25) is 0 Å². The van der Waals surface area contributed by atoms with Gasteiger partial charge in [0.1, 0.15) is 0 Å². The number of nitrogens with two attached hydrogens (primary N) is 1. The van der Waals surface area contributed by atoms with Crippen LogP contribution in [-0.4, -0.2) is 16.5 Å². The standard InChI is InChI=1S/C4H11NOS/c1-4(2,6)3-7-5/h6H,3,5H2,1-2H3. The van der Waals surface area contributed by atoms with Gasteiger partial charge in [-0.25, -0.2) is 0 Å². The Morgan fingerprint density at radius 2 is 2.14 bits per heavy atom. The molecule has 2 nitrogen and oxygen atoms in total. The van der Waals surface area contributed by atoms with Crippen LogP contribution in [0.5, 0.6) is 0 Å². The molecule has 0 aliphatic rings. The van der Waals surface area contributed by atoms with Gasteiger partial charge in [0.2, 0.25) is 0 Å². The van der Waals surface area contributed by atoms with Crippen LogP contribution in [-0.2, 0) is 0 Å². The average Bonchev–Trinajstić information content (AvgIpc) is 1.30. The fourth-order valence-corrected chi connectivity index (χ4v) is 0.612. The molecule has 0 aliphatic carbocycles. The molecule has 3 N–H and O–H groups in total. The lowest BCUT2D eigenvalue weighted by Crippen LogP contribution is -2.22. The minimum absolute atomic E-state index is 0.590. The smallest absolute Gasteiger partial charge is 0.0694 e. The topological polar surface area (TPSA) is 46.2 Å². The molecule has 0 spiro atoms. The third-order valence-corrected chi connectivity index (χ3v) is 1.31. The van der Waals surface area contributed by atoms with Gasteiger partial charge in [-0.1, -0.05) is 11.9 Å². The lowest BCUT2D eigenvalue weighted by Gasteiger charge is -2.13. The summed E-state index contributed by atoms with van der Waals surface area (Å²) in [6.07, 6.45) is 0. The van der Waals surface area contributed by atoms with Gasteiger partial charge in [0, 0.05) is 5.75 Å². The molecule has 0 rings (SSSR count). The molecule has 0 aromatic carbocycles. The number of hydrogen-bond donors (Lipinski definition) is 2. The predicted molar refractivity (Wildman–Crippen MR) is 32.9 cm³/mol. The zero-order chi connectivity index (χ0) is 5.91. The van der Waals surface area contributed by atoms with Gasteiger partial charge >= 0.3 is 0 Å². The van der Waals surface area contributed by atoms with Crippen LogP contribution in [0.1, 0.15) is 13.8 Å². The quantitative estimate of drug-likeness (QED) is 0.519. The first kappa shape index (κ1) is 7.27. The molecule has 0 heterocycles. The van der Waals surface area contributed by atoms with Crippen molar-refractivity contribution >= 4 is 11.9 Å². The molecule has 44 valence electrons. The molecular formula is C4H11NOS. The van der Waals surface area contributed by atoms with Crippen molar-refractivity contribution < 1.29 is 5.11 Å². The van der Waals surface area contributed by atoms with E-state index in [1.54, 1.807) is 13.8 Å². The first-order valence-corrected chi connectivity index (χ1v) is 3.15. The van der Waals surface area contributed by atoms with Gasteiger partial charge in [-0.3, -0.25) is 5.14 Å². The lowest BCUT2D eigenvalue weighted by atomic mass is 10.2. The van der Waals surface area contributed by atoms with Gasteiger partial charge in [0.25, 0.3) is 0 Å². The van der Waals surface area contributed by atoms with Crippen molar-refractivity contribution in [1.29, 1.82) is 0 Å². The molecule has 0 fully saturated rings. The molecule has 0 aromatic heterocycles. The van der Waals surface area contributed by atoms with Gasteiger partial charge in [0.15, 0.2) is 0 Å². The van der Waals surface area contributed by atoms with Crippen molar-refractivity contribution in [1.82, 2.24) is 0 Å². The van der Waals surface area contributed by atoms with Gasteiger partial charge in [-0.15, -0.1) is 0 Å². The zero-order valence-electron chi connectivity index (χ0n) is 4.64. The van der Waals surface area contributed by atoms with Crippen molar-refractivity contribution in [3.05, 3.63) is 0 Å². The molecule has 7 heavy (non-hydrogen) atoms. The van der Waals surface area contributed by atoms with Crippen LogP contribution < -0.4 is 5.14 Å². The second kappa shape index (κ2) is 2.55. The van der Waals surface area contributed by atoms with Crippen molar-refractivity contribution in [2.45, 2.75) is 19.4 Å². The largest absolute Gasteiger partial charge is 0.390 e. The van der Waals surface area contributed by atoms with E-state index in [1.165, 1.54) is 0 Å². The molecular weight excluding hydrogens is 110 g/mol. The van der Waals surface area contributed by atoms with E-state index in [0.717, 1.165) is 11.9 Å². The van der Waals surface area contributed by atoms with Crippen LogP contribution in [0, 0.1) is 0 Å². The van der Waals surface area contributed by atoms with E-state index in [-0.39, 0.29) is 0 Å². The maximum atomic E-state index is 8.92. The Bertz CT molecular complexity index is 50.1. The van der Waals surface area contributed by atoms with Crippen molar-refractivity contribution in [2.24, 2.45) is 5.14 Å². The molecule has 0 amide bonds. The van der Waals surface area contributed by atoms with E-state index in [2.05, 4.69) is 0 Å². The van der Waals surface area contributed by atoms with Gasteiger partial charge in [0.05, 0.1) is 5.60 Å². The summed E-state index contributed by atoms with van der Waals surface area (Å²) in [4.78, 5) is 0. The molecule has 0 aromatic rings. The molecule has 0 aliphatic heterocycles. The Kier molecular flexibility index (Phi) is 2.64. The second-order valence-corrected chi connectivity index (χ2v) is 2.75. The summed E-state index contributed by atoms with van der Waals surface area (Å²) in [6, 6.07) is 0. The molecule has 3 heteroatoms. The van der Waals surface area contributed by atoms with E-state index in [9.17, 15) is 0 Å². The zero-order valence-corrected chi connectivity index (χ0v) is 5.46. The summed E-state index contributed by atoms with van der Waals surface area (Å²) in [5.41, 5.74) is -0.612. The monoisotopic (exact) mass is 121 g/mol. The number of aliphatic hydroxyl groups is 1. The predicted octanol–water partition coefficient (Wildman–Crippen LogP) is 0.364. The third-order valence-electron chi connectivity index (χ3n) is 0.437. The lowest BCUT2D eigenvalue weighted by molar-refractivity contribution is 0.107. The summed E-state index contributed by atoms with van der Waals surface area (Å²) in [5, 5.41) is 14.0.